The van der Waals surface area contributed by atoms with Crippen LogP contribution in [0.1, 0.15) is 17.5 Å². The minimum atomic E-state index is -0.341. The van der Waals surface area contributed by atoms with Crippen LogP contribution in [-0.4, -0.2) is 26.0 Å². The number of ketones is 1. The van der Waals surface area contributed by atoms with Gasteiger partial charge < -0.3 is 9.47 Å². The molecule has 0 N–H and O–H groups in total. The van der Waals surface area contributed by atoms with Crippen LogP contribution in [0, 0.1) is 5.92 Å². The Bertz CT molecular complexity index is 479. The molecule has 0 amide bonds. The molecule has 1 atom stereocenters. The molecule has 96 valence electrons. The molecular weight excluding hydrogens is 232 g/mol. The summed E-state index contributed by atoms with van der Waals surface area (Å²) in [6.07, 6.45) is 1.06. The van der Waals surface area contributed by atoms with Crippen LogP contribution in [0.25, 0.3) is 0 Å². The fraction of sp³-hybridized carbons (Fsp3) is 0.429. The zero-order valence-electron chi connectivity index (χ0n) is 10.6. The first kappa shape index (κ1) is 12.6. The van der Waals surface area contributed by atoms with Gasteiger partial charge in [0, 0.05) is 12.3 Å². The molecule has 0 radical (unpaired) electrons. The molecule has 0 saturated carbocycles. The van der Waals surface area contributed by atoms with E-state index in [-0.39, 0.29) is 24.1 Å². The summed E-state index contributed by atoms with van der Waals surface area (Å²) in [5.41, 5.74) is 2.04. The maximum Gasteiger partial charge on any atom is 0.306 e. The van der Waals surface area contributed by atoms with E-state index in [1.165, 1.54) is 7.11 Å². The van der Waals surface area contributed by atoms with Crippen LogP contribution in [-0.2, 0) is 27.2 Å². The van der Waals surface area contributed by atoms with Gasteiger partial charge in [0.05, 0.1) is 20.6 Å². The average molecular weight is 248 g/mol. The summed E-state index contributed by atoms with van der Waals surface area (Å²) in [4.78, 5) is 23.2. The van der Waals surface area contributed by atoms with Gasteiger partial charge in [0.15, 0.2) is 0 Å². The van der Waals surface area contributed by atoms with Gasteiger partial charge in [0.1, 0.15) is 11.5 Å². The van der Waals surface area contributed by atoms with E-state index in [1.54, 1.807) is 7.11 Å². The molecule has 0 aliphatic heterocycles. The largest absolute Gasteiger partial charge is 0.496 e. The second kappa shape index (κ2) is 5.21. The number of fused-ring (bicyclic) bond motifs is 1. The highest BCUT2D eigenvalue weighted by Crippen LogP contribution is 2.32. The molecule has 1 aromatic rings. The summed E-state index contributed by atoms with van der Waals surface area (Å²) in [6.45, 7) is 0. The van der Waals surface area contributed by atoms with Gasteiger partial charge in [-0.3, -0.25) is 9.59 Å². The molecule has 1 aliphatic rings. The Labute approximate surface area is 106 Å². The number of esters is 1. The van der Waals surface area contributed by atoms with E-state index in [0.29, 0.717) is 12.8 Å². The fourth-order valence-corrected chi connectivity index (χ4v) is 2.36. The minimum absolute atomic E-state index is 0.0983. The van der Waals surface area contributed by atoms with Crippen molar-refractivity contribution >= 4 is 11.8 Å². The number of carbonyl (C=O) groups excluding carboxylic acids is 2. The number of benzene rings is 1. The first-order valence-corrected chi connectivity index (χ1v) is 5.90. The number of ether oxygens (including phenoxy) is 2. The highest BCUT2D eigenvalue weighted by Gasteiger charge is 2.30. The lowest BCUT2D eigenvalue weighted by Gasteiger charge is -2.24. The van der Waals surface area contributed by atoms with Crippen molar-refractivity contribution in [1.29, 1.82) is 0 Å². The maximum atomic E-state index is 12.0. The van der Waals surface area contributed by atoms with Crippen molar-refractivity contribution in [3.8, 4) is 5.75 Å². The molecule has 1 aliphatic carbocycles. The Hall–Kier alpha value is -1.84. The van der Waals surface area contributed by atoms with Crippen LogP contribution in [0.3, 0.4) is 0 Å². The molecule has 0 spiro atoms. The minimum Gasteiger partial charge on any atom is -0.496 e. The third-order valence-electron chi connectivity index (χ3n) is 3.36. The zero-order valence-corrected chi connectivity index (χ0v) is 10.6. The van der Waals surface area contributed by atoms with E-state index in [1.807, 2.05) is 18.2 Å². The molecule has 0 heterocycles. The SMILES string of the molecule is COC(=O)C[C@H]1Cc2c(cccc2OC)CC1=O. The first-order valence-electron chi connectivity index (χ1n) is 5.90. The van der Waals surface area contributed by atoms with Crippen LogP contribution in [0.5, 0.6) is 5.75 Å². The lowest BCUT2D eigenvalue weighted by atomic mass is 9.81. The van der Waals surface area contributed by atoms with E-state index in [2.05, 4.69) is 4.74 Å². The molecule has 0 unspecified atom stereocenters. The Morgan fingerprint density at radius 3 is 2.83 bits per heavy atom. The van der Waals surface area contributed by atoms with E-state index < -0.39 is 0 Å². The van der Waals surface area contributed by atoms with Crippen LogP contribution >= 0.6 is 0 Å². The van der Waals surface area contributed by atoms with Crippen molar-refractivity contribution in [2.45, 2.75) is 19.3 Å². The molecule has 4 nitrogen and oxygen atoms in total. The summed E-state index contributed by atoms with van der Waals surface area (Å²) >= 11 is 0. The number of methoxy groups -OCH3 is 2. The van der Waals surface area contributed by atoms with Gasteiger partial charge in [-0.1, -0.05) is 12.1 Å². The van der Waals surface area contributed by atoms with Crippen molar-refractivity contribution in [2.75, 3.05) is 14.2 Å². The number of Topliss-reactive ketones (excluding diaryl/α,β-unsaturated/α-hetero) is 1. The zero-order chi connectivity index (χ0) is 13.1. The van der Waals surface area contributed by atoms with Gasteiger partial charge in [0.25, 0.3) is 0 Å². The van der Waals surface area contributed by atoms with Gasteiger partial charge in [0.2, 0.25) is 0 Å². The van der Waals surface area contributed by atoms with Crippen molar-refractivity contribution in [2.24, 2.45) is 5.92 Å². The fourth-order valence-electron chi connectivity index (χ4n) is 2.36. The smallest absolute Gasteiger partial charge is 0.306 e. The maximum absolute atomic E-state index is 12.0. The van der Waals surface area contributed by atoms with Gasteiger partial charge in [-0.25, -0.2) is 0 Å². The Balaban J connectivity index is 2.25. The van der Waals surface area contributed by atoms with Crippen LogP contribution in [0.2, 0.25) is 0 Å². The molecule has 18 heavy (non-hydrogen) atoms. The predicted molar refractivity (Wildman–Crippen MR) is 65.5 cm³/mol. The number of rotatable bonds is 3. The highest BCUT2D eigenvalue weighted by atomic mass is 16.5. The molecule has 0 fully saturated rings. The van der Waals surface area contributed by atoms with Gasteiger partial charge in [-0.05, 0) is 23.6 Å². The number of hydrogen-bond acceptors (Lipinski definition) is 4. The monoisotopic (exact) mass is 248 g/mol. The molecule has 2 rings (SSSR count). The summed E-state index contributed by atoms with van der Waals surface area (Å²) in [7, 11) is 2.95. The second-order valence-electron chi connectivity index (χ2n) is 4.42. The quantitative estimate of drug-likeness (QED) is 0.761. The molecule has 0 bridgehead atoms. The first-order chi connectivity index (χ1) is 8.65. The summed E-state index contributed by atoms with van der Waals surface area (Å²) in [5.74, 6) is 0.254. The van der Waals surface area contributed by atoms with Crippen LogP contribution in [0.4, 0.5) is 0 Å². The predicted octanol–water partition coefficient (Wildman–Crippen LogP) is 1.54. The Morgan fingerprint density at radius 2 is 2.17 bits per heavy atom. The van der Waals surface area contributed by atoms with E-state index >= 15 is 0 Å². The lowest BCUT2D eigenvalue weighted by molar-refractivity contribution is -0.143. The van der Waals surface area contributed by atoms with Crippen LogP contribution in [0.15, 0.2) is 18.2 Å². The Kier molecular flexibility index (Phi) is 3.65. The number of carbonyl (C=O) groups is 2. The van der Waals surface area contributed by atoms with Crippen molar-refractivity contribution in [3.63, 3.8) is 0 Å². The molecule has 0 aromatic heterocycles. The van der Waals surface area contributed by atoms with Crippen LogP contribution < -0.4 is 4.74 Å². The summed E-state index contributed by atoms with van der Waals surface area (Å²) in [6, 6.07) is 5.69. The van der Waals surface area contributed by atoms with Crippen molar-refractivity contribution in [1.82, 2.24) is 0 Å². The third kappa shape index (κ3) is 2.37. The average Bonchev–Trinajstić information content (AvgIpc) is 2.38. The number of hydrogen-bond donors (Lipinski definition) is 0. The molecule has 4 heteroatoms. The molecule has 0 saturated heterocycles. The lowest BCUT2D eigenvalue weighted by Crippen LogP contribution is -2.28. The van der Waals surface area contributed by atoms with Crippen molar-refractivity contribution < 1.29 is 19.1 Å². The van der Waals surface area contributed by atoms with Gasteiger partial charge in [-0.15, -0.1) is 0 Å². The normalized spacial score (nSPS) is 18.1. The van der Waals surface area contributed by atoms with E-state index in [0.717, 1.165) is 16.9 Å². The van der Waals surface area contributed by atoms with Crippen molar-refractivity contribution in [3.05, 3.63) is 29.3 Å². The van der Waals surface area contributed by atoms with E-state index in [4.69, 9.17) is 4.74 Å². The highest BCUT2D eigenvalue weighted by molar-refractivity contribution is 5.89. The third-order valence-corrected chi connectivity index (χ3v) is 3.36. The van der Waals surface area contributed by atoms with Gasteiger partial charge in [-0.2, -0.15) is 0 Å². The second-order valence-corrected chi connectivity index (χ2v) is 4.42. The summed E-state index contributed by atoms with van der Waals surface area (Å²) < 4.78 is 9.92. The Morgan fingerprint density at radius 1 is 1.39 bits per heavy atom. The standard InChI is InChI=1S/C14H16O4/c1-17-13-5-3-4-9-7-12(15)10(6-11(9)13)8-14(16)18-2/h3-5,10H,6-8H2,1-2H3/t10-/m1/s1. The van der Waals surface area contributed by atoms with Gasteiger partial charge >= 0.3 is 5.97 Å². The topological polar surface area (TPSA) is 52.6 Å². The molecule has 1 aromatic carbocycles. The van der Waals surface area contributed by atoms with E-state index in [9.17, 15) is 9.59 Å². The summed E-state index contributed by atoms with van der Waals surface area (Å²) in [5, 5.41) is 0. The molecular formula is C14H16O4.